The number of anilines is 1. The van der Waals surface area contributed by atoms with E-state index < -0.39 is 0 Å². The van der Waals surface area contributed by atoms with Gasteiger partial charge in [0.25, 0.3) is 0 Å². The van der Waals surface area contributed by atoms with Gasteiger partial charge in [-0.15, -0.1) is 0 Å². The Labute approximate surface area is 96.5 Å². The van der Waals surface area contributed by atoms with Crippen LogP contribution in [0.3, 0.4) is 0 Å². The van der Waals surface area contributed by atoms with Crippen LogP contribution in [0.1, 0.15) is 25.3 Å². The predicted octanol–water partition coefficient (Wildman–Crippen LogP) is 2.06. The highest BCUT2D eigenvalue weighted by Crippen LogP contribution is 2.23. The van der Waals surface area contributed by atoms with Crippen LogP contribution in [-0.4, -0.2) is 24.4 Å². The van der Waals surface area contributed by atoms with Crippen LogP contribution in [0.15, 0.2) is 18.3 Å². The zero-order chi connectivity index (χ0) is 11.4. The third kappa shape index (κ3) is 2.40. The van der Waals surface area contributed by atoms with Gasteiger partial charge in [-0.1, -0.05) is 13.0 Å². The van der Waals surface area contributed by atoms with Gasteiger partial charge in [0.2, 0.25) is 0 Å². The number of aromatic nitrogens is 1. The first-order valence-electron chi connectivity index (χ1n) is 5.93. The van der Waals surface area contributed by atoms with Crippen molar-refractivity contribution >= 4 is 12.1 Å². The third-order valence-electron chi connectivity index (χ3n) is 3.25. The highest BCUT2D eigenvalue weighted by atomic mass is 16.1. The van der Waals surface area contributed by atoms with Crippen molar-refractivity contribution in [3.05, 3.63) is 23.9 Å². The number of hydrogen-bond acceptors (Lipinski definition) is 3. The van der Waals surface area contributed by atoms with E-state index >= 15 is 0 Å². The van der Waals surface area contributed by atoms with Crippen LogP contribution < -0.4 is 4.90 Å². The van der Waals surface area contributed by atoms with Gasteiger partial charge in [0.05, 0.1) is 0 Å². The van der Waals surface area contributed by atoms with Crippen LogP contribution in [-0.2, 0) is 11.2 Å². The van der Waals surface area contributed by atoms with Crippen LogP contribution in [0.5, 0.6) is 0 Å². The quantitative estimate of drug-likeness (QED) is 0.728. The second-order valence-electron chi connectivity index (χ2n) is 4.53. The van der Waals surface area contributed by atoms with Crippen molar-refractivity contribution < 1.29 is 4.79 Å². The minimum Gasteiger partial charge on any atom is -0.356 e. The van der Waals surface area contributed by atoms with Crippen molar-refractivity contribution in [1.82, 2.24) is 4.98 Å². The van der Waals surface area contributed by atoms with Crippen LogP contribution in [0.2, 0.25) is 0 Å². The van der Waals surface area contributed by atoms with Gasteiger partial charge in [0.15, 0.2) is 0 Å². The average molecular weight is 218 g/mol. The minimum atomic E-state index is 0.467. The van der Waals surface area contributed by atoms with Crippen molar-refractivity contribution in [3.63, 3.8) is 0 Å². The van der Waals surface area contributed by atoms with Crippen LogP contribution in [0.4, 0.5) is 5.82 Å². The maximum atomic E-state index is 10.6. The van der Waals surface area contributed by atoms with E-state index in [4.69, 9.17) is 0 Å². The largest absolute Gasteiger partial charge is 0.356 e. The number of carbonyl (C=O) groups is 1. The van der Waals surface area contributed by atoms with E-state index in [1.165, 1.54) is 12.8 Å². The second-order valence-corrected chi connectivity index (χ2v) is 4.53. The first kappa shape index (κ1) is 11.1. The summed E-state index contributed by atoms with van der Waals surface area (Å²) >= 11 is 0. The van der Waals surface area contributed by atoms with Crippen molar-refractivity contribution in [2.75, 3.05) is 18.0 Å². The number of nitrogens with zero attached hydrogens (tertiary/aromatic N) is 2. The molecule has 0 radical (unpaired) electrons. The third-order valence-corrected chi connectivity index (χ3v) is 3.25. The molecule has 0 bridgehead atoms. The molecule has 2 heterocycles. The number of aldehydes is 1. The molecule has 1 aliphatic heterocycles. The van der Waals surface area contributed by atoms with Gasteiger partial charge >= 0.3 is 0 Å². The molecule has 16 heavy (non-hydrogen) atoms. The summed E-state index contributed by atoms with van der Waals surface area (Å²) in [6, 6.07) is 3.89. The lowest BCUT2D eigenvalue weighted by molar-refractivity contribution is -0.107. The van der Waals surface area contributed by atoms with Crippen molar-refractivity contribution in [2.45, 2.75) is 26.2 Å². The van der Waals surface area contributed by atoms with Gasteiger partial charge in [-0.3, -0.25) is 0 Å². The topological polar surface area (TPSA) is 33.2 Å². The van der Waals surface area contributed by atoms with E-state index in [-0.39, 0.29) is 0 Å². The summed E-state index contributed by atoms with van der Waals surface area (Å²) in [4.78, 5) is 17.3. The molecule has 3 nitrogen and oxygen atoms in total. The highest BCUT2D eigenvalue weighted by molar-refractivity contribution is 5.61. The predicted molar refractivity (Wildman–Crippen MR) is 64.6 cm³/mol. The Balaban J connectivity index is 2.16. The monoisotopic (exact) mass is 218 g/mol. The molecule has 0 spiro atoms. The molecule has 0 N–H and O–H groups in total. The summed E-state index contributed by atoms with van der Waals surface area (Å²) in [5.74, 6) is 1.82. The number of carbonyl (C=O) groups excluding carboxylic acids is 1. The summed E-state index contributed by atoms with van der Waals surface area (Å²) in [5.41, 5.74) is 1.05. The van der Waals surface area contributed by atoms with E-state index in [2.05, 4.69) is 16.8 Å². The van der Waals surface area contributed by atoms with Crippen LogP contribution >= 0.6 is 0 Å². The summed E-state index contributed by atoms with van der Waals surface area (Å²) in [6.07, 6.45) is 5.66. The molecule has 3 heteroatoms. The second kappa shape index (κ2) is 5.10. The molecule has 0 amide bonds. The van der Waals surface area contributed by atoms with Gasteiger partial charge in [0, 0.05) is 31.3 Å². The molecule has 1 fully saturated rings. The van der Waals surface area contributed by atoms with Gasteiger partial charge in [-0.2, -0.15) is 0 Å². The summed E-state index contributed by atoms with van der Waals surface area (Å²) in [6.45, 7) is 4.41. The lowest BCUT2D eigenvalue weighted by Crippen LogP contribution is -2.34. The molecule has 1 aromatic rings. The SMILES string of the molecule is CC1CCN(c2ncccc2CC=O)CC1. The smallest absolute Gasteiger partial charge is 0.132 e. The number of rotatable bonds is 3. The first-order valence-corrected chi connectivity index (χ1v) is 5.93. The van der Waals surface area contributed by atoms with Gasteiger partial charge in [-0.05, 0) is 24.8 Å². The zero-order valence-corrected chi connectivity index (χ0v) is 9.72. The summed E-state index contributed by atoms with van der Waals surface area (Å²) < 4.78 is 0. The van der Waals surface area contributed by atoms with Gasteiger partial charge < -0.3 is 9.69 Å². The zero-order valence-electron chi connectivity index (χ0n) is 9.72. The van der Waals surface area contributed by atoms with Crippen LogP contribution in [0.25, 0.3) is 0 Å². The maximum absolute atomic E-state index is 10.6. The van der Waals surface area contributed by atoms with Crippen molar-refractivity contribution in [1.29, 1.82) is 0 Å². The normalized spacial score (nSPS) is 17.4. The molecule has 2 rings (SSSR count). The maximum Gasteiger partial charge on any atom is 0.132 e. The Kier molecular flexibility index (Phi) is 3.54. The fraction of sp³-hybridized carbons (Fsp3) is 0.538. The summed E-state index contributed by atoms with van der Waals surface area (Å²) in [7, 11) is 0. The first-order chi connectivity index (χ1) is 7.81. The van der Waals surface area contributed by atoms with E-state index in [1.807, 2.05) is 18.3 Å². The lowest BCUT2D eigenvalue weighted by atomic mass is 9.99. The number of pyridine rings is 1. The molecule has 0 aromatic carbocycles. The average Bonchev–Trinajstić information content (AvgIpc) is 2.32. The molecule has 86 valence electrons. The Hall–Kier alpha value is -1.38. The molecule has 0 aliphatic carbocycles. The van der Waals surface area contributed by atoms with E-state index in [0.29, 0.717) is 6.42 Å². The van der Waals surface area contributed by atoms with E-state index in [0.717, 1.165) is 36.7 Å². The molecule has 0 saturated carbocycles. The Bertz CT molecular complexity index is 357. The fourth-order valence-corrected chi connectivity index (χ4v) is 2.18. The highest BCUT2D eigenvalue weighted by Gasteiger charge is 2.18. The lowest BCUT2D eigenvalue weighted by Gasteiger charge is -2.32. The fourth-order valence-electron chi connectivity index (χ4n) is 2.18. The van der Waals surface area contributed by atoms with Crippen molar-refractivity contribution in [2.24, 2.45) is 5.92 Å². The molecule has 1 saturated heterocycles. The molecular weight excluding hydrogens is 200 g/mol. The Morgan fingerprint density at radius 2 is 2.25 bits per heavy atom. The van der Waals surface area contributed by atoms with Crippen molar-refractivity contribution in [3.8, 4) is 0 Å². The van der Waals surface area contributed by atoms with E-state index in [9.17, 15) is 4.79 Å². The molecule has 1 aromatic heterocycles. The molecule has 0 atom stereocenters. The van der Waals surface area contributed by atoms with Crippen LogP contribution in [0, 0.1) is 5.92 Å². The standard InChI is InChI=1S/C13H18N2O/c1-11-4-8-15(9-5-11)13-12(6-10-16)3-2-7-14-13/h2-3,7,10-11H,4-6,8-9H2,1H3. The number of piperidine rings is 1. The Morgan fingerprint density at radius 3 is 2.94 bits per heavy atom. The summed E-state index contributed by atoms with van der Waals surface area (Å²) in [5, 5.41) is 0. The van der Waals surface area contributed by atoms with E-state index in [1.54, 1.807) is 0 Å². The molecule has 0 unspecified atom stereocenters. The number of hydrogen-bond donors (Lipinski definition) is 0. The minimum absolute atomic E-state index is 0.467. The molecule has 1 aliphatic rings. The van der Waals surface area contributed by atoms with Gasteiger partial charge in [-0.25, -0.2) is 4.98 Å². The molecular formula is C13H18N2O. The van der Waals surface area contributed by atoms with Gasteiger partial charge in [0.1, 0.15) is 12.1 Å². The Morgan fingerprint density at radius 1 is 1.50 bits per heavy atom.